The molecule has 0 aromatic heterocycles. The zero-order chi connectivity index (χ0) is 18.4. The number of piperidine rings is 1. The van der Waals surface area contributed by atoms with E-state index in [0.29, 0.717) is 13.1 Å². The van der Waals surface area contributed by atoms with E-state index < -0.39 is 11.7 Å². The van der Waals surface area contributed by atoms with E-state index in [0.717, 1.165) is 28.6 Å². The Morgan fingerprint density at radius 1 is 1.28 bits per heavy atom. The van der Waals surface area contributed by atoms with Crippen LogP contribution in [0.1, 0.15) is 33.6 Å². The Labute approximate surface area is 162 Å². The first-order chi connectivity index (χ1) is 11.7. The molecule has 1 aromatic carbocycles. The summed E-state index contributed by atoms with van der Waals surface area (Å²) in [6.07, 6.45) is 1.44. The van der Waals surface area contributed by atoms with E-state index in [4.69, 9.17) is 4.74 Å². The first-order valence-electron chi connectivity index (χ1n) is 8.48. The quantitative estimate of drug-likeness (QED) is 0.679. The smallest absolute Gasteiger partial charge is 0.407 e. The molecule has 6 nitrogen and oxygen atoms in total. The van der Waals surface area contributed by atoms with Crippen LogP contribution in [-0.2, 0) is 9.53 Å². The number of nitrogens with one attached hydrogen (secondary N) is 2. The first kappa shape index (κ1) is 20.0. The van der Waals surface area contributed by atoms with Crippen LogP contribution in [0.2, 0.25) is 0 Å². The Balaban J connectivity index is 1.79. The van der Waals surface area contributed by atoms with Gasteiger partial charge >= 0.3 is 6.09 Å². The molecule has 2 rings (SSSR count). The molecule has 1 heterocycles. The Morgan fingerprint density at radius 3 is 2.60 bits per heavy atom. The van der Waals surface area contributed by atoms with Gasteiger partial charge in [-0.2, -0.15) is 0 Å². The number of benzene rings is 1. The molecule has 0 saturated carbocycles. The first-order valence-corrected chi connectivity index (χ1v) is 9.56. The minimum atomic E-state index is -0.508. The van der Waals surface area contributed by atoms with Crippen molar-refractivity contribution in [2.24, 2.45) is 0 Å². The van der Waals surface area contributed by atoms with E-state index in [1.807, 2.05) is 45.0 Å². The van der Waals surface area contributed by atoms with Gasteiger partial charge in [-0.3, -0.25) is 9.69 Å². The molecule has 25 heavy (non-hydrogen) atoms. The van der Waals surface area contributed by atoms with Crippen molar-refractivity contribution >= 4 is 40.3 Å². The zero-order valence-electron chi connectivity index (χ0n) is 15.0. The molecule has 2 N–H and O–H groups in total. The van der Waals surface area contributed by atoms with Crippen molar-refractivity contribution in [3.8, 4) is 0 Å². The summed E-state index contributed by atoms with van der Waals surface area (Å²) in [5.41, 5.74) is 0.289. The topological polar surface area (TPSA) is 70.7 Å². The molecule has 1 saturated heterocycles. The number of ether oxygens (including phenoxy) is 1. The van der Waals surface area contributed by atoms with Crippen LogP contribution >= 0.6 is 22.6 Å². The Morgan fingerprint density at radius 2 is 1.96 bits per heavy atom. The van der Waals surface area contributed by atoms with Crippen LogP contribution in [0.4, 0.5) is 10.5 Å². The number of amides is 2. The lowest BCUT2D eigenvalue weighted by Crippen LogP contribution is -2.50. The molecule has 0 bridgehead atoms. The van der Waals surface area contributed by atoms with Crippen LogP contribution in [0, 0.1) is 3.57 Å². The second kappa shape index (κ2) is 8.84. The minimum absolute atomic E-state index is 0.00898. The van der Waals surface area contributed by atoms with Crippen molar-refractivity contribution in [1.29, 1.82) is 0 Å². The normalized spacial score (nSPS) is 18.5. The van der Waals surface area contributed by atoms with Crippen molar-refractivity contribution in [2.45, 2.75) is 45.3 Å². The molecule has 2 amide bonds. The summed E-state index contributed by atoms with van der Waals surface area (Å²) in [6.45, 7) is 7.35. The van der Waals surface area contributed by atoms with Gasteiger partial charge in [0.1, 0.15) is 5.60 Å². The van der Waals surface area contributed by atoms with Gasteiger partial charge in [0, 0.05) is 21.8 Å². The number of alkyl carbamates (subject to hydrolysis) is 1. The van der Waals surface area contributed by atoms with Crippen LogP contribution in [-0.4, -0.2) is 48.2 Å². The third-order valence-electron chi connectivity index (χ3n) is 3.72. The number of halogens is 1. The number of anilines is 1. The monoisotopic (exact) mass is 459 g/mol. The molecule has 1 aliphatic heterocycles. The Hall–Kier alpha value is -1.35. The summed E-state index contributed by atoms with van der Waals surface area (Å²) in [7, 11) is 0. The second-order valence-corrected chi connectivity index (χ2v) is 8.52. The maximum atomic E-state index is 12.2. The molecule has 0 radical (unpaired) electrons. The van der Waals surface area contributed by atoms with E-state index >= 15 is 0 Å². The fourth-order valence-electron chi connectivity index (χ4n) is 2.73. The number of hydrogen-bond acceptors (Lipinski definition) is 4. The van der Waals surface area contributed by atoms with Crippen LogP contribution < -0.4 is 10.6 Å². The van der Waals surface area contributed by atoms with Crippen LogP contribution in [0.25, 0.3) is 0 Å². The third kappa shape index (κ3) is 7.60. The molecule has 1 atom stereocenters. The van der Waals surface area contributed by atoms with E-state index in [9.17, 15) is 9.59 Å². The molecule has 0 spiro atoms. The van der Waals surface area contributed by atoms with Gasteiger partial charge in [0.25, 0.3) is 0 Å². The number of carbonyl (C=O) groups is 2. The van der Waals surface area contributed by atoms with Gasteiger partial charge in [-0.25, -0.2) is 4.79 Å². The van der Waals surface area contributed by atoms with Gasteiger partial charge in [-0.05, 0) is 87.0 Å². The maximum absolute atomic E-state index is 12.2. The number of rotatable bonds is 4. The highest BCUT2D eigenvalue weighted by molar-refractivity contribution is 14.1. The maximum Gasteiger partial charge on any atom is 0.407 e. The van der Waals surface area contributed by atoms with E-state index in [1.165, 1.54) is 0 Å². The largest absolute Gasteiger partial charge is 0.444 e. The standard InChI is InChI=1S/C18H26IN3O3/c1-18(2,3)25-17(24)21-15-5-4-10-22(11-15)12-16(23)20-14-8-6-13(19)7-9-14/h6-9,15H,4-5,10-12H2,1-3H3,(H,20,23)(H,21,24). The van der Waals surface area contributed by atoms with E-state index in [2.05, 4.69) is 38.1 Å². The number of nitrogens with zero attached hydrogens (tertiary/aromatic N) is 1. The highest BCUT2D eigenvalue weighted by Crippen LogP contribution is 2.14. The molecule has 1 aromatic rings. The highest BCUT2D eigenvalue weighted by atomic mass is 127. The summed E-state index contributed by atoms with van der Waals surface area (Å²) in [5, 5.41) is 5.81. The summed E-state index contributed by atoms with van der Waals surface area (Å²) in [4.78, 5) is 26.2. The van der Waals surface area contributed by atoms with Gasteiger partial charge in [0.15, 0.2) is 0 Å². The molecule has 7 heteroatoms. The van der Waals surface area contributed by atoms with Gasteiger partial charge in [-0.15, -0.1) is 0 Å². The van der Waals surface area contributed by atoms with Crippen molar-refractivity contribution in [3.05, 3.63) is 27.8 Å². The van der Waals surface area contributed by atoms with Crippen molar-refractivity contribution in [3.63, 3.8) is 0 Å². The number of likely N-dealkylation sites (tertiary alicyclic amines) is 1. The second-order valence-electron chi connectivity index (χ2n) is 7.28. The van der Waals surface area contributed by atoms with E-state index in [1.54, 1.807) is 0 Å². The zero-order valence-corrected chi connectivity index (χ0v) is 17.1. The van der Waals surface area contributed by atoms with Gasteiger partial charge < -0.3 is 15.4 Å². The lowest BCUT2D eigenvalue weighted by Gasteiger charge is -2.33. The SMILES string of the molecule is CC(C)(C)OC(=O)NC1CCCN(CC(=O)Nc2ccc(I)cc2)C1. The van der Waals surface area contributed by atoms with Gasteiger partial charge in [-0.1, -0.05) is 0 Å². The summed E-state index contributed by atoms with van der Waals surface area (Å²) in [6, 6.07) is 7.70. The summed E-state index contributed by atoms with van der Waals surface area (Å²) < 4.78 is 6.42. The minimum Gasteiger partial charge on any atom is -0.444 e. The molecule has 1 unspecified atom stereocenters. The van der Waals surface area contributed by atoms with Crippen LogP contribution in [0.15, 0.2) is 24.3 Å². The average Bonchev–Trinajstić information content (AvgIpc) is 2.48. The van der Waals surface area contributed by atoms with Crippen molar-refractivity contribution in [1.82, 2.24) is 10.2 Å². The highest BCUT2D eigenvalue weighted by Gasteiger charge is 2.25. The fourth-order valence-corrected chi connectivity index (χ4v) is 3.09. The number of carbonyl (C=O) groups excluding carboxylic acids is 2. The Kier molecular flexibility index (Phi) is 7.06. The number of hydrogen-bond donors (Lipinski definition) is 2. The predicted molar refractivity (Wildman–Crippen MR) is 107 cm³/mol. The molecule has 1 aliphatic rings. The van der Waals surface area contributed by atoms with Crippen molar-refractivity contribution < 1.29 is 14.3 Å². The molecule has 0 aliphatic carbocycles. The van der Waals surface area contributed by atoms with Crippen LogP contribution in [0.5, 0.6) is 0 Å². The molecule has 1 fully saturated rings. The van der Waals surface area contributed by atoms with E-state index in [-0.39, 0.29) is 11.9 Å². The predicted octanol–water partition coefficient (Wildman–Crippen LogP) is 3.22. The molecular weight excluding hydrogens is 433 g/mol. The van der Waals surface area contributed by atoms with Crippen LogP contribution in [0.3, 0.4) is 0 Å². The fraction of sp³-hybridized carbons (Fsp3) is 0.556. The Bertz CT molecular complexity index is 599. The molecular formula is C18H26IN3O3. The summed E-state index contributed by atoms with van der Waals surface area (Å²) >= 11 is 2.23. The lowest BCUT2D eigenvalue weighted by atomic mass is 10.1. The lowest BCUT2D eigenvalue weighted by molar-refractivity contribution is -0.117. The third-order valence-corrected chi connectivity index (χ3v) is 4.44. The van der Waals surface area contributed by atoms with Crippen molar-refractivity contribution in [2.75, 3.05) is 25.0 Å². The molecule has 138 valence electrons. The average molecular weight is 459 g/mol. The van der Waals surface area contributed by atoms with Gasteiger partial charge in [0.05, 0.1) is 6.54 Å². The summed E-state index contributed by atoms with van der Waals surface area (Å²) in [5.74, 6) is -0.0425. The van der Waals surface area contributed by atoms with Gasteiger partial charge in [0.2, 0.25) is 5.91 Å².